The van der Waals surface area contributed by atoms with E-state index in [4.69, 9.17) is 34.8 Å². The van der Waals surface area contributed by atoms with Crippen molar-refractivity contribution in [1.29, 1.82) is 0 Å². The summed E-state index contributed by atoms with van der Waals surface area (Å²) in [5.74, 6) is -0.0273. The zero-order valence-electron chi connectivity index (χ0n) is 9.68. The van der Waals surface area contributed by atoms with Gasteiger partial charge in [-0.15, -0.1) is 0 Å². The minimum Gasteiger partial charge on any atom is -0.314 e. The van der Waals surface area contributed by atoms with Crippen LogP contribution in [0.2, 0.25) is 15.1 Å². The number of nitrogens with one attached hydrogen (secondary N) is 1. The van der Waals surface area contributed by atoms with Crippen LogP contribution in [0.25, 0.3) is 0 Å². The first-order chi connectivity index (χ1) is 8.59. The van der Waals surface area contributed by atoms with E-state index in [0.29, 0.717) is 17.1 Å². The summed E-state index contributed by atoms with van der Waals surface area (Å²) in [5.41, 5.74) is 0.435. The summed E-state index contributed by atoms with van der Waals surface area (Å²) in [5, 5.41) is 4.08. The summed E-state index contributed by atoms with van der Waals surface area (Å²) in [6, 6.07) is 3.22. The zero-order chi connectivity index (χ0) is 13.1. The lowest BCUT2D eigenvalue weighted by Gasteiger charge is -2.26. The molecule has 98 valence electrons. The van der Waals surface area contributed by atoms with Crippen molar-refractivity contribution < 1.29 is 4.79 Å². The summed E-state index contributed by atoms with van der Waals surface area (Å²) < 4.78 is 0. The molecule has 0 unspecified atom stereocenters. The Morgan fingerprint density at radius 3 is 2.50 bits per heavy atom. The highest BCUT2D eigenvalue weighted by Crippen LogP contribution is 2.32. The minimum atomic E-state index is -0.0273. The van der Waals surface area contributed by atoms with E-state index in [0.717, 1.165) is 26.2 Å². The van der Waals surface area contributed by atoms with Gasteiger partial charge in [-0.25, -0.2) is 0 Å². The van der Waals surface area contributed by atoms with Crippen LogP contribution >= 0.6 is 34.8 Å². The third kappa shape index (κ3) is 3.16. The van der Waals surface area contributed by atoms with Gasteiger partial charge in [0, 0.05) is 31.7 Å². The number of benzene rings is 1. The number of hydrogen-bond acceptors (Lipinski definition) is 3. The van der Waals surface area contributed by atoms with Gasteiger partial charge in [0.25, 0.3) is 0 Å². The molecule has 0 atom stereocenters. The molecular weight excluding hydrogens is 295 g/mol. The molecule has 0 spiro atoms. The number of piperazine rings is 1. The van der Waals surface area contributed by atoms with Gasteiger partial charge in [-0.2, -0.15) is 0 Å². The maximum atomic E-state index is 12.1. The molecule has 0 aliphatic carbocycles. The molecule has 1 aromatic rings. The van der Waals surface area contributed by atoms with Crippen LogP contribution in [-0.4, -0.2) is 43.4 Å². The van der Waals surface area contributed by atoms with Crippen molar-refractivity contribution in [3.05, 3.63) is 32.8 Å². The van der Waals surface area contributed by atoms with Crippen molar-refractivity contribution in [1.82, 2.24) is 10.2 Å². The molecule has 1 N–H and O–H groups in total. The molecule has 6 heteroatoms. The summed E-state index contributed by atoms with van der Waals surface area (Å²) in [4.78, 5) is 14.2. The molecule has 1 aliphatic heterocycles. The number of Topliss-reactive ketones (excluding diaryl/α,β-unsaturated/α-hetero) is 1. The Morgan fingerprint density at radius 1 is 1.17 bits per heavy atom. The van der Waals surface area contributed by atoms with Crippen LogP contribution in [0.15, 0.2) is 12.1 Å². The lowest BCUT2D eigenvalue weighted by atomic mass is 10.1. The Morgan fingerprint density at radius 2 is 1.83 bits per heavy atom. The van der Waals surface area contributed by atoms with Crippen LogP contribution < -0.4 is 5.32 Å². The van der Waals surface area contributed by atoms with Crippen molar-refractivity contribution in [2.75, 3.05) is 32.7 Å². The van der Waals surface area contributed by atoms with Crippen LogP contribution in [0.3, 0.4) is 0 Å². The van der Waals surface area contributed by atoms with Gasteiger partial charge in [0.2, 0.25) is 0 Å². The van der Waals surface area contributed by atoms with Gasteiger partial charge in [-0.3, -0.25) is 9.69 Å². The number of rotatable bonds is 3. The summed E-state index contributed by atoms with van der Waals surface area (Å²) in [7, 11) is 0. The van der Waals surface area contributed by atoms with Gasteiger partial charge < -0.3 is 5.32 Å². The molecule has 1 aliphatic rings. The summed E-state index contributed by atoms with van der Waals surface area (Å²) >= 11 is 17.8. The summed E-state index contributed by atoms with van der Waals surface area (Å²) in [6.07, 6.45) is 0. The molecule has 0 radical (unpaired) electrons. The Hall–Kier alpha value is -0.320. The predicted molar refractivity (Wildman–Crippen MR) is 75.1 cm³/mol. The molecular formula is C12H13Cl3N2O. The van der Waals surface area contributed by atoms with Crippen LogP contribution in [-0.2, 0) is 0 Å². The lowest BCUT2D eigenvalue weighted by molar-refractivity contribution is 0.0921. The highest BCUT2D eigenvalue weighted by Gasteiger charge is 2.19. The fraction of sp³-hybridized carbons (Fsp3) is 0.417. The standard InChI is InChI=1S/C12H13Cl3N2O/c13-9-2-1-8(11(14)12(9)15)10(18)7-17-5-3-16-4-6-17/h1-2,16H,3-7H2. The molecule has 1 saturated heterocycles. The average molecular weight is 308 g/mol. The van der Waals surface area contributed by atoms with E-state index in [9.17, 15) is 4.79 Å². The van der Waals surface area contributed by atoms with Crippen LogP contribution in [0, 0.1) is 0 Å². The van der Waals surface area contributed by atoms with Gasteiger partial charge in [-0.05, 0) is 12.1 Å². The molecule has 0 saturated carbocycles. The lowest BCUT2D eigenvalue weighted by Crippen LogP contribution is -2.45. The predicted octanol–water partition coefficient (Wildman–Crippen LogP) is 2.73. The van der Waals surface area contributed by atoms with E-state index in [1.54, 1.807) is 12.1 Å². The summed E-state index contributed by atoms with van der Waals surface area (Å²) in [6.45, 7) is 3.90. The highest BCUT2D eigenvalue weighted by atomic mass is 35.5. The average Bonchev–Trinajstić information content (AvgIpc) is 2.37. The molecule has 1 heterocycles. The number of carbonyl (C=O) groups excluding carboxylic acids is 1. The molecule has 0 amide bonds. The van der Waals surface area contributed by atoms with Crippen molar-refractivity contribution >= 4 is 40.6 Å². The van der Waals surface area contributed by atoms with Crippen molar-refractivity contribution in [3.8, 4) is 0 Å². The second kappa shape index (κ2) is 6.22. The van der Waals surface area contributed by atoms with Gasteiger partial charge in [0.15, 0.2) is 5.78 Å². The third-order valence-corrected chi connectivity index (χ3v) is 4.21. The molecule has 18 heavy (non-hydrogen) atoms. The van der Waals surface area contributed by atoms with E-state index >= 15 is 0 Å². The van der Waals surface area contributed by atoms with Gasteiger partial charge >= 0.3 is 0 Å². The van der Waals surface area contributed by atoms with E-state index in [2.05, 4.69) is 10.2 Å². The first-order valence-corrected chi connectivity index (χ1v) is 6.82. The number of halogens is 3. The SMILES string of the molecule is O=C(CN1CCNCC1)c1ccc(Cl)c(Cl)c1Cl. The Kier molecular flexibility index (Phi) is 4.87. The highest BCUT2D eigenvalue weighted by molar-refractivity contribution is 6.49. The number of nitrogens with zero attached hydrogens (tertiary/aromatic N) is 1. The molecule has 3 nitrogen and oxygen atoms in total. The third-order valence-electron chi connectivity index (χ3n) is 2.91. The largest absolute Gasteiger partial charge is 0.314 e. The van der Waals surface area contributed by atoms with Gasteiger partial charge in [0.05, 0.1) is 21.6 Å². The second-order valence-electron chi connectivity index (χ2n) is 4.17. The first kappa shape index (κ1) is 14.1. The molecule has 0 bridgehead atoms. The molecule has 1 fully saturated rings. The first-order valence-electron chi connectivity index (χ1n) is 5.69. The monoisotopic (exact) mass is 306 g/mol. The second-order valence-corrected chi connectivity index (χ2v) is 5.34. The van der Waals surface area contributed by atoms with E-state index < -0.39 is 0 Å². The number of carbonyl (C=O) groups is 1. The molecule has 1 aromatic carbocycles. The Bertz CT molecular complexity index is 459. The maximum absolute atomic E-state index is 12.1. The quantitative estimate of drug-likeness (QED) is 0.688. The Labute approximate surface area is 121 Å². The zero-order valence-corrected chi connectivity index (χ0v) is 11.9. The molecule has 0 aromatic heterocycles. The van der Waals surface area contributed by atoms with Crippen molar-refractivity contribution in [2.45, 2.75) is 0 Å². The van der Waals surface area contributed by atoms with Crippen LogP contribution in [0.4, 0.5) is 0 Å². The smallest absolute Gasteiger partial charge is 0.178 e. The topological polar surface area (TPSA) is 32.3 Å². The number of ketones is 1. The molecule has 2 rings (SSSR count). The van der Waals surface area contributed by atoms with Crippen molar-refractivity contribution in [3.63, 3.8) is 0 Å². The normalized spacial score (nSPS) is 16.8. The van der Waals surface area contributed by atoms with Crippen LogP contribution in [0.1, 0.15) is 10.4 Å². The number of hydrogen-bond donors (Lipinski definition) is 1. The Balaban J connectivity index is 2.11. The van der Waals surface area contributed by atoms with E-state index in [1.807, 2.05) is 0 Å². The van der Waals surface area contributed by atoms with Gasteiger partial charge in [-0.1, -0.05) is 34.8 Å². The van der Waals surface area contributed by atoms with E-state index in [1.165, 1.54) is 0 Å². The van der Waals surface area contributed by atoms with Crippen molar-refractivity contribution in [2.24, 2.45) is 0 Å². The maximum Gasteiger partial charge on any atom is 0.178 e. The fourth-order valence-corrected chi connectivity index (χ4v) is 2.54. The van der Waals surface area contributed by atoms with E-state index in [-0.39, 0.29) is 15.8 Å². The minimum absolute atomic E-state index is 0.0273. The van der Waals surface area contributed by atoms with Crippen LogP contribution in [0.5, 0.6) is 0 Å². The fourth-order valence-electron chi connectivity index (χ4n) is 1.90. The van der Waals surface area contributed by atoms with Gasteiger partial charge in [0.1, 0.15) is 0 Å².